The minimum atomic E-state index is -1.33. The molecule has 2 rings (SSSR count). The lowest BCUT2D eigenvalue weighted by Gasteiger charge is -2.39. The Bertz CT molecular complexity index is 486. The molecule has 1 aliphatic heterocycles. The number of halogens is 2. The van der Waals surface area contributed by atoms with Crippen LogP contribution in [0, 0.1) is 11.6 Å². The number of carboxylic acid groups (broad SMARTS) is 1. The summed E-state index contributed by atoms with van der Waals surface area (Å²) in [4.78, 5) is 12.4. The average Bonchev–Trinajstić information content (AvgIpc) is 2.33. The third-order valence-corrected chi connectivity index (χ3v) is 4.77. The number of benzene rings is 1. The summed E-state index contributed by atoms with van der Waals surface area (Å²) in [5, 5.41) is 9.05. The van der Waals surface area contributed by atoms with Crippen LogP contribution < -0.4 is 4.90 Å². The normalized spacial score (nSPS) is 23.5. The first-order chi connectivity index (χ1) is 8.91. The Balaban J connectivity index is 2.42. The molecule has 0 aliphatic carbocycles. The van der Waals surface area contributed by atoms with E-state index in [9.17, 15) is 13.6 Å². The molecule has 1 N–H and O–H groups in total. The molecular formula is C13H15F2NO2S. The molecule has 1 heterocycles. The predicted octanol–water partition coefficient (Wildman–Crippen LogP) is 2.99. The summed E-state index contributed by atoms with van der Waals surface area (Å²) >= 11 is 1.76. The standard InChI is InChI=1S/C13H15F2NO2S/c1-7-8(2)19-4-3-16(7)12-10(14)5-9(13(17)18)6-11(12)15/h5-8H,3-4H2,1-2H3,(H,17,18). The van der Waals surface area contributed by atoms with E-state index in [1.54, 1.807) is 16.7 Å². The van der Waals surface area contributed by atoms with E-state index in [1.165, 1.54) is 0 Å². The van der Waals surface area contributed by atoms with Crippen LogP contribution >= 0.6 is 11.8 Å². The molecule has 0 saturated carbocycles. The van der Waals surface area contributed by atoms with Gasteiger partial charge in [0.2, 0.25) is 0 Å². The van der Waals surface area contributed by atoms with Gasteiger partial charge in [-0.15, -0.1) is 0 Å². The lowest BCUT2D eigenvalue weighted by molar-refractivity contribution is 0.0696. The van der Waals surface area contributed by atoms with Crippen LogP contribution in [-0.4, -0.2) is 34.7 Å². The van der Waals surface area contributed by atoms with Crippen LogP contribution in [-0.2, 0) is 0 Å². The Morgan fingerprint density at radius 3 is 2.47 bits per heavy atom. The van der Waals surface area contributed by atoms with Crippen molar-refractivity contribution >= 4 is 23.4 Å². The van der Waals surface area contributed by atoms with Crippen LogP contribution in [0.3, 0.4) is 0 Å². The van der Waals surface area contributed by atoms with Crippen LogP contribution in [0.15, 0.2) is 12.1 Å². The maximum atomic E-state index is 14.0. The fourth-order valence-corrected chi connectivity index (χ4v) is 3.31. The summed E-state index contributed by atoms with van der Waals surface area (Å²) in [6.45, 7) is 4.49. The van der Waals surface area contributed by atoms with Crippen molar-refractivity contribution in [3.8, 4) is 0 Å². The highest BCUT2D eigenvalue weighted by molar-refractivity contribution is 8.00. The molecule has 1 fully saturated rings. The summed E-state index contributed by atoms with van der Waals surface area (Å²) in [6, 6.07) is 1.75. The maximum Gasteiger partial charge on any atom is 0.335 e. The lowest BCUT2D eigenvalue weighted by Crippen LogP contribution is -2.45. The summed E-state index contributed by atoms with van der Waals surface area (Å²) in [5.74, 6) is -2.17. The first-order valence-electron chi connectivity index (χ1n) is 6.02. The molecule has 104 valence electrons. The molecule has 2 atom stereocenters. The van der Waals surface area contributed by atoms with Crippen molar-refractivity contribution in [1.29, 1.82) is 0 Å². The first-order valence-corrected chi connectivity index (χ1v) is 7.07. The minimum Gasteiger partial charge on any atom is -0.478 e. The largest absolute Gasteiger partial charge is 0.478 e. The van der Waals surface area contributed by atoms with E-state index in [2.05, 4.69) is 0 Å². The third kappa shape index (κ3) is 2.68. The third-order valence-electron chi connectivity index (χ3n) is 3.43. The number of thioether (sulfide) groups is 1. The monoisotopic (exact) mass is 287 g/mol. The van der Waals surface area contributed by atoms with Gasteiger partial charge in [0.15, 0.2) is 0 Å². The molecule has 0 radical (unpaired) electrons. The Morgan fingerprint density at radius 2 is 1.95 bits per heavy atom. The van der Waals surface area contributed by atoms with Crippen molar-refractivity contribution in [1.82, 2.24) is 0 Å². The average molecular weight is 287 g/mol. The number of carboxylic acids is 1. The Hall–Kier alpha value is -1.30. The molecule has 19 heavy (non-hydrogen) atoms. The molecule has 1 saturated heterocycles. The molecule has 0 bridgehead atoms. The zero-order valence-corrected chi connectivity index (χ0v) is 11.5. The highest BCUT2D eigenvalue weighted by atomic mass is 32.2. The highest BCUT2D eigenvalue weighted by Crippen LogP contribution is 2.33. The number of carbonyl (C=O) groups is 1. The van der Waals surface area contributed by atoms with E-state index in [0.29, 0.717) is 6.54 Å². The molecule has 0 spiro atoms. The molecule has 6 heteroatoms. The molecule has 3 nitrogen and oxygen atoms in total. The van der Waals surface area contributed by atoms with Crippen LogP contribution in [0.4, 0.5) is 14.5 Å². The predicted molar refractivity (Wildman–Crippen MR) is 72.0 cm³/mol. The van der Waals surface area contributed by atoms with Crippen LogP contribution in [0.1, 0.15) is 24.2 Å². The second-order valence-electron chi connectivity index (χ2n) is 4.60. The molecule has 2 unspecified atom stereocenters. The molecule has 0 amide bonds. The fourth-order valence-electron chi connectivity index (χ4n) is 2.21. The molecule has 1 aliphatic rings. The molecule has 0 aromatic heterocycles. The highest BCUT2D eigenvalue weighted by Gasteiger charge is 2.29. The van der Waals surface area contributed by atoms with Gasteiger partial charge in [-0.05, 0) is 19.1 Å². The number of anilines is 1. The van der Waals surface area contributed by atoms with Gasteiger partial charge in [-0.25, -0.2) is 13.6 Å². The first kappa shape index (κ1) is 14.1. The second kappa shape index (κ2) is 5.36. The number of rotatable bonds is 2. The molecular weight excluding hydrogens is 272 g/mol. The van der Waals surface area contributed by atoms with Gasteiger partial charge in [0.1, 0.15) is 17.3 Å². The maximum absolute atomic E-state index is 14.0. The van der Waals surface area contributed by atoms with E-state index < -0.39 is 17.6 Å². The van der Waals surface area contributed by atoms with Gasteiger partial charge < -0.3 is 10.0 Å². The minimum absolute atomic E-state index is 0.00146. The van der Waals surface area contributed by atoms with E-state index in [1.807, 2.05) is 13.8 Å². The number of hydrogen-bond donors (Lipinski definition) is 1. The zero-order valence-electron chi connectivity index (χ0n) is 10.7. The quantitative estimate of drug-likeness (QED) is 0.908. The van der Waals surface area contributed by atoms with E-state index in [4.69, 9.17) is 5.11 Å². The fraction of sp³-hybridized carbons (Fsp3) is 0.462. The number of aromatic carboxylic acids is 1. The van der Waals surface area contributed by atoms with Crippen LogP contribution in [0.5, 0.6) is 0 Å². The zero-order chi connectivity index (χ0) is 14.2. The Morgan fingerprint density at radius 1 is 1.37 bits per heavy atom. The molecule has 1 aromatic carbocycles. The SMILES string of the molecule is CC1SCCN(c2c(F)cc(C(=O)O)cc2F)C1C. The van der Waals surface area contributed by atoms with Gasteiger partial charge in [0.05, 0.1) is 5.56 Å². The van der Waals surface area contributed by atoms with E-state index in [0.717, 1.165) is 17.9 Å². The summed E-state index contributed by atoms with van der Waals surface area (Å²) < 4.78 is 28.0. The topological polar surface area (TPSA) is 40.5 Å². The second-order valence-corrected chi connectivity index (χ2v) is 6.09. The van der Waals surface area contributed by atoms with Gasteiger partial charge in [0, 0.05) is 23.6 Å². The van der Waals surface area contributed by atoms with E-state index >= 15 is 0 Å². The van der Waals surface area contributed by atoms with Crippen LogP contribution in [0.2, 0.25) is 0 Å². The summed E-state index contributed by atoms with van der Waals surface area (Å²) in [5.41, 5.74) is -0.490. The van der Waals surface area contributed by atoms with Crippen molar-refractivity contribution in [2.75, 3.05) is 17.2 Å². The molecule has 1 aromatic rings. The van der Waals surface area contributed by atoms with Crippen molar-refractivity contribution in [3.05, 3.63) is 29.3 Å². The van der Waals surface area contributed by atoms with Crippen molar-refractivity contribution in [2.24, 2.45) is 0 Å². The number of hydrogen-bond acceptors (Lipinski definition) is 3. The van der Waals surface area contributed by atoms with Crippen molar-refractivity contribution < 1.29 is 18.7 Å². The van der Waals surface area contributed by atoms with Gasteiger partial charge >= 0.3 is 5.97 Å². The van der Waals surface area contributed by atoms with Gasteiger partial charge in [0.25, 0.3) is 0 Å². The van der Waals surface area contributed by atoms with Gasteiger partial charge in [-0.2, -0.15) is 11.8 Å². The Kier molecular flexibility index (Phi) is 3.99. The van der Waals surface area contributed by atoms with Crippen LogP contribution in [0.25, 0.3) is 0 Å². The number of nitrogens with zero attached hydrogens (tertiary/aromatic N) is 1. The summed E-state index contributed by atoms with van der Waals surface area (Å²) in [7, 11) is 0. The van der Waals surface area contributed by atoms with Crippen molar-refractivity contribution in [2.45, 2.75) is 25.1 Å². The van der Waals surface area contributed by atoms with Crippen molar-refractivity contribution in [3.63, 3.8) is 0 Å². The Labute approximate surface area is 114 Å². The van der Waals surface area contributed by atoms with Gasteiger partial charge in [-0.1, -0.05) is 6.92 Å². The lowest BCUT2D eigenvalue weighted by atomic mass is 10.1. The van der Waals surface area contributed by atoms with E-state index in [-0.39, 0.29) is 22.5 Å². The summed E-state index contributed by atoms with van der Waals surface area (Å²) in [6.07, 6.45) is 0. The smallest absolute Gasteiger partial charge is 0.335 e. The van der Waals surface area contributed by atoms with Gasteiger partial charge in [-0.3, -0.25) is 0 Å².